The van der Waals surface area contributed by atoms with Crippen molar-refractivity contribution in [2.24, 2.45) is 5.92 Å². The Hall–Kier alpha value is -0.0800. The molecule has 0 aromatic carbocycles. The predicted octanol–water partition coefficient (Wildman–Crippen LogP) is 9.93. The van der Waals surface area contributed by atoms with Gasteiger partial charge in [-0.25, -0.2) is 0 Å². The standard InChI is InChI=1S/C30H63NO/c1-5-7-9-11-13-15-17-19-21-23-25-27-29(3)30(32,31-4)28-26-24-22-20-18-16-14-12-10-8-6-2/h29,31-32H,5-28H2,1-4H3. The molecular formula is C30H63NO. The SMILES string of the molecule is CCCCCCCCCCCCCC(C)C(O)(CCCCCCCCCCCCC)NC. The highest BCUT2D eigenvalue weighted by molar-refractivity contribution is 4.80. The lowest BCUT2D eigenvalue weighted by atomic mass is 9.87. The molecule has 0 aromatic rings. The Bertz CT molecular complexity index is 359. The first-order valence-corrected chi connectivity index (χ1v) is 15.0. The van der Waals surface area contributed by atoms with E-state index < -0.39 is 5.72 Å². The fourth-order valence-corrected chi connectivity index (χ4v) is 5.03. The lowest BCUT2D eigenvalue weighted by molar-refractivity contribution is -0.0500. The maximum atomic E-state index is 11.1. The summed E-state index contributed by atoms with van der Waals surface area (Å²) in [7, 11) is 1.94. The van der Waals surface area contributed by atoms with Crippen LogP contribution >= 0.6 is 0 Å². The van der Waals surface area contributed by atoms with Crippen molar-refractivity contribution in [3.8, 4) is 0 Å². The average molecular weight is 454 g/mol. The first-order chi connectivity index (χ1) is 15.6. The van der Waals surface area contributed by atoms with Crippen molar-refractivity contribution < 1.29 is 5.11 Å². The zero-order chi connectivity index (χ0) is 23.8. The van der Waals surface area contributed by atoms with E-state index in [2.05, 4.69) is 26.1 Å². The van der Waals surface area contributed by atoms with Gasteiger partial charge >= 0.3 is 0 Å². The highest BCUT2D eigenvalue weighted by atomic mass is 16.3. The summed E-state index contributed by atoms with van der Waals surface area (Å²) in [6, 6.07) is 0. The Morgan fingerprint density at radius 2 is 0.844 bits per heavy atom. The molecule has 0 aliphatic heterocycles. The lowest BCUT2D eigenvalue weighted by Gasteiger charge is -2.34. The molecule has 0 heterocycles. The van der Waals surface area contributed by atoms with E-state index in [1.54, 1.807) is 0 Å². The average Bonchev–Trinajstić information content (AvgIpc) is 2.80. The summed E-state index contributed by atoms with van der Waals surface area (Å²) in [5.74, 6) is 0.342. The van der Waals surface area contributed by atoms with Crippen LogP contribution in [0.2, 0.25) is 0 Å². The van der Waals surface area contributed by atoms with Crippen molar-refractivity contribution in [1.29, 1.82) is 0 Å². The Balaban J connectivity index is 3.62. The zero-order valence-corrected chi connectivity index (χ0v) is 23.0. The van der Waals surface area contributed by atoms with Gasteiger partial charge in [-0.1, -0.05) is 156 Å². The van der Waals surface area contributed by atoms with Gasteiger partial charge in [-0.3, -0.25) is 5.32 Å². The molecule has 2 atom stereocenters. The predicted molar refractivity (Wildman–Crippen MR) is 145 cm³/mol. The second kappa shape index (κ2) is 24.1. The highest BCUT2D eigenvalue weighted by Gasteiger charge is 2.30. The highest BCUT2D eigenvalue weighted by Crippen LogP contribution is 2.26. The third kappa shape index (κ3) is 19.4. The molecule has 2 unspecified atom stereocenters. The Kier molecular flexibility index (Phi) is 24.0. The minimum atomic E-state index is -0.669. The summed E-state index contributed by atoms with van der Waals surface area (Å²) >= 11 is 0. The van der Waals surface area contributed by atoms with E-state index in [0.29, 0.717) is 5.92 Å². The fraction of sp³-hybridized carbons (Fsp3) is 1.00. The van der Waals surface area contributed by atoms with Crippen molar-refractivity contribution in [3.63, 3.8) is 0 Å². The first-order valence-electron chi connectivity index (χ1n) is 15.0. The van der Waals surface area contributed by atoms with Crippen molar-refractivity contribution in [2.75, 3.05) is 7.05 Å². The molecule has 0 bridgehead atoms. The first kappa shape index (κ1) is 31.9. The Labute approximate surface area is 204 Å². The van der Waals surface area contributed by atoms with Gasteiger partial charge in [0.1, 0.15) is 5.72 Å². The summed E-state index contributed by atoms with van der Waals surface area (Å²) in [5, 5.41) is 14.3. The van der Waals surface area contributed by atoms with E-state index in [1.165, 1.54) is 135 Å². The molecule has 194 valence electrons. The molecule has 0 saturated heterocycles. The molecule has 2 heteroatoms. The quantitative estimate of drug-likeness (QED) is 0.101. The van der Waals surface area contributed by atoms with Gasteiger partial charge in [0.2, 0.25) is 0 Å². The van der Waals surface area contributed by atoms with Crippen LogP contribution in [0, 0.1) is 5.92 Å². The molecule has 0 rings (SSSR count). The molecule has 2 nitrogen and oxygen atoms in total. The van der Waals surface area contributed by atoms with Crippen LogP contribution in [0.15, 0.2) is 0 Å². The van der Waals surface area contributed by atoms with Gasteiger partial charge in [0, 0.05) is 0 Å². The van der Waals surface area contributed by atoms with Crippen LogP contribution in [0.5, 0.6) is 0 Å². The summed E-state index contributed by atoms with van der Waals surface area (Å²) in [4.78, 5) is 0. The van der Waals surface area contributed by atoms with E-state index in [1.807, 2.05) is 7.05 Å². The number of unbranched alkanes of at least 4 members (excludes halogenated alkanes) is 20. The number of nitrogens with one attached hydrogen (secondary N) is 1. The topological polar surface area (TPSA) is 32.3 Å². The molecule has 0 spiro atoms. The van der Waals surface area contributed by atoms with Crippen molar-refractivity contribution >= 4 is 0 Å². The summed E-state index contributed by atoms with van der Waals surface area (Å²) in [5.41, 5.74) is -0.669. The molecule has 32 heavy (non-hydrogen) atoms. The van der Waals surface area contributed by atoms with Crippen LogP contribution in [0.25, 0.3) is 0 Å². The monoisotopic (exact) mass is 453 g/mol. The molecular weight excluding hydrogens is 390 g/mol. The van der Waals surface area contributed by atoms with Gasteiger partial charge < -0.3 is 5.11 Å². The van der Waals surface area contributed by atoms with E-state index in [9.17, 15) is 5.11 Å². The number of rotatable bonds is 26. The van der Waals surface area contributed by atoms with Gasteiger partial charge in [-0.2, -0.15) is 0 Å². The summed E-state index contributed by atoms with van der Waals surface area (Å²) in [6.45, 7) is 6.82. The Morgan fingerprint density at radius 1 is 0.531 bits per heavy atom. The van der Waals surface area contributed by atoms with Crippen molar-refractivity contribution in [2.45, 2.75) is 181 Å². The van der Waals surface area contributed by atoms with Crippen molar-refractivity contribution in [1.82, 2.24) is 5.32 Å². The minimum Gasteiger partial charge on any atom is -0.376 e. The van der Waals surface area contributed by atoms with E-state index in [-0.39, 0.29) is 0 Å². The fourth-order valence-electron chi connectivity index (χ4n) is 5.03. The van der Waals surface area contributed by atoms with Crippen LogP contribution in [0.3, 0.4) is 0 Å². The molecule has 2 N–H and O–H groups in total. The second-order valence-corrected chi connectivity index (χ2v) is 10.7. The molecule has 0 aliphatic rings. The van der Waals surface area contributed by atoms with Crippen LogP contribution in [0.4, 0.5) is 0 Å². The normalized spacial score (nSPS) is 14.5. The van der Waals surface area contributed by atoms with Crippen LogP contribution in [-0.4, -0.2) is 17.9 Å². The number of hydrogen-bond acceptors (Lipinski definition) is 2. The van der Waals surface area contributed by atoms with Gasteiger partial charge in [-0.05, 0) is 32.2 Å². The summed E-state index contributed by atoms with van der Waals surface area (Å²) < 4.78 is 0. The van der Waals surface area contributed by atoms with Gasteiger partial charge in [-0.15, -0.1) is 0 Å². The number of hydrogen-bond donors (Lipinski definition) is 2. The molecule has 0 amide bonds. The van der Waals surface area contributed by atoms with Gasteiger partial charge in [0.05, 0.1) is 0 Å². The number of aliphatic hydroxyl groups is 1. The minimum absolute atomic E-state index is 0.342. The van der Waals surface area contributed by atoms with E-state index in [4.69, 9.17) is 0 Å². The van der Waals surface area contributed by atoms with E-state index in [0.717, 1.165) is 19.3 Å². The molecule has 0 aliphatic carbocycles. The van der Waals surface area contributed by atoms with E-state index >= 15 is 0 Å². The maximum Gasteiger partial charge on any atom is 0.118 e. The molecule has 0 fully saturated rings. The van der Waals surface area contributed by atoms with Crippen LogP contribution in [0.1, 0.15) is 175 Å². The smallest absolute Gasteiger partial charge is 0.118 e. The largest absolute Gasteiger partial charge is 0.376 e. The van der Waals surface area contributed by atoms with Gasteiger partial charge in [0.15, 0.2) is 0 Å². The van der Waals surface area contributed by atoms with Gasteiger partial charge in [0.25, 0.3) is 0 Å². The molecule has 0 aromatic heterocycles. The molecule has 0 radical (unpaired) electrons. The van der Waals surface area contributed by atoms with Crippen molar-refractivity contribution in [3.05, 3.63) is 0 Å². The van der Waals surface area contributed by atoms with Crippen LogP contribution in [-0.2, 0) is 0 Å². The Morgan fingerprint density at radius 3 is 1.19 bits per heavy atom. The second-order valence-electron chi connectivity index (χ2n) is 10.7. The lowest BCUT2D eigenvalue weighted by Crippen LogP contribution is -2.48. The van der Waals surface area contributed by atoms with Crippen LogP contribution < -0.4 is 5.32 Å². The zero-order valence-electron chi connectivity index (χ0n) is 23.0. The third-order valence-electron chi connectivity index (χ3n) is 7.65. The molecule has 0 saturated carbocycles. The maximum absolute atomic E-state index is 11.1. The third-order valence-corrected chi connectivity index (χ3v) is 7.65. The summed E-state index contributed by atoms with van der Waals surface area (Å²) in [6.07, 6.45) is 32.3.